The van der Waals surface area contributed by atoms with E-state index in [2.05, 4.69) is 12.2 Å². The smallest absolute Gasteiger partial charge is 0.344 e. The van der Waals surface area contributed by atoms with E-state index < -0.39 is 0 Å². The number of esters is 1. The summed E-state index contributed by atoms with van der Waals surface area (Å²) in [7, 11) is 0. The minimum Gasteiger partial charge on any atom is -0.482 e. The average Bonchev–Trinajstić information content (AvgIpc) is 2.41. The number of hydrogen-bond donors (Lipinski definition) is 1. The largest absolute Gasteiger partial charge is 0.482 e. The molecule has 0 radical (unpaired) electrons. The topological polar surface area (TPSA) is 47.6 Å². The summed E-state index contributed by atoms with van der Waals surface area (Å²) in [5.41, 5.74) is 0. The summed E-state index contributed by atoms with van der Waals surface area (Å²) < 4.78 is 10.3. The van der Waals surface area contributed by atoms with Gasteiger partial charge in [0.1, 0.15) is 5.75 Å². The molecule has 4 nitrogen and oxygen atoms in total. The van der Waals surface area contributed by atoms with Gasteiger partial charge in [-0.05, 0) is 38.1 Å². The number of carbonyl (C=O) groups is 1. The molecule has 0 heterocycles. The number of benzene rings is 1. The lowest BCUT2D eigenvalue weighted by Crippen LogP contribution is -2.20. The van der Waals surface area contributed by atoms with E-state index in [1.165, 1.54) is 0 Å². The Balaban J connectivity index is 2.01. The van der Waals surface area contributed by atoms with Gasteiger partial charge in [-0.3, -0.25) is 0 Å². The molecule has 0 atom stereocenters. The first-order chi connectivity index (χ1) is 8.83. The minimum absolute atomic E-state index is 0.0353. The van der Waals surface area contributed by atoms with Gasteiger partial charge in [0.2, 0.25) is 0 Å². The molecule has 0 fully saturated rings. The molecule has 0 bridgehead atoms. The Morgan fingerprint density at radius 2 is 2.00 bits per heavy atom. The van der Waals surface area contributed by atoms with Crippen LogP contribution in [0.1, 0.15) is 19.8 Å². The maximum Gasteiger partial charge on any atom is 0.344 e. The third-order valence-corrected chi connectivity index (χ3v) is 2.29. The van der Waals surface area contributed by atoms with E-state index >= 15 is 0 Å². The number of rotatable bonds is 9. The van der Waals surface area contributed by atoms with Crippen molar-refractivity contribution in [2.45, 2.75) is 19.8 Å². The van der Waals surface area contributed by atoms with Crippen molar-refractivity contribution in [1.82, 2.24) is 5.32 Å². The highest BCUT2D eigenvalue weighted by Gasteiger charge is 2.03. The molecular formula is C14H21NO3. The van der Waals surface area contributed by atoms with Crippen LogP contribution >= 0.6 is 0 Å². The van der Waals surface area contributed by atoms with Gasteiger partial charge in [-0.25, -0.2) is 4.79 Å². The van der Waals surface area contributed by atoms with Crippen LogP contribution in [0.5, 0.6) is 5.75 Å². The standard InChI is InChI=1S/C14H21NO3/c1-2-9-15-10-6-11-17-14(16)12-18-13-7-4-3-5-8-13/h3-5,7-8,15H,2,6,9-12H2,1H3. The van der Waals surface area contributed by atoms with Crippen molar-refractivity contribution in [2.75, 3.05) is 26.3 Å². The third kappa shape index (κ3) is 6.91. The second-order valence-corrected chi connectivity index (χ2v) is 3.93. The zero-order valence-corrected chi connectivity index (χ0v) is 10.9. The maximum atomic E-state index is 11.3. The predicted molar refractivity (Wildman–Crippen MR) is 70.7 cm³/mol. The van der Waals surface area contributed by atoms with Crippen molar-refractivity contribution in [1.29, 1.82) is 0 Å². The summed E-state index contributed by atoms with van der Waals surface area (Å²) >= 11 is 0. The van der Waals surface area contributed by atoms with Crippen LogP contribution in [0.4, 0.5) is 0 Å². The highest BCUT2D eigenvalue weighted by Crippen LogP contribution is 2.07. The van der Waals surface area contributed by atoms with Crippen molar-refractivity contribution in [3.63, 3.8) is 0 Å². The molecule has 0 unspecified atom stereocenters. The highest BCUT2D eigenvalue weighted by molar-refractivity contribution is 5.71. The third-order valence-electron chi connectivity index (χ3n) is 2.29. The molecule has 0 aromatic heterocycles. The van der Waals surface area contributed by atoms with E-state index in [1.54, 1.807) is 0 Å². The van der Waals surface area contributed by atoms with Crippen LogP contribution in [0, 0.1) is 0 Å². The Morgan fingerprint density at radius 3 is 2.72 bits per heavy atom. The van der Waals surface area contributed by atoms with Gasteiger partial charge in [0.25, 0.3) is 0 Å². The molecule has 1 aromatic carbocycles. The van der Waals surface area contributed by atoms with E-state index in [0.29, 0.717) is 12.4 Å². The van der Waals surface area contributed by atoms with Crippen LogP contribution in [0.3, 0.4) is 0 Å². The van der Waals surface area contributed by atoms with Crippen LogP contribution in [-0.2, 0) is 9.53 Å². The summed E-state index contributed by atoms with van der Waals surface area (Å²) in [5, 5.41) is 3.24. The zero-order valence-electron chi connectivity index (χ0n) is 10.9. The Morgan fingerprint density at radius 1 is 1.22 bits per heavy atom. The lowest BCUT2D eigenvalue weighted by atomic mass is 10.3. The highest BCUT2D eigenvalue weighted by atomic mass is 16.6. The van der Waals surface area contributed by atoms with Crippen molar-refractivity contribution in [2.24, 2.45) is 0 Å². The first kappa shape index (κ1) is 14.5. The lowest BCUT2D eigenvalue weighted by Gasteiger charge is -2.07. The Hall–Kier alpha value is -1.55. The quantitative estimate of drug-likeness (QED) is 0.538. The molecule has 0 amide bonds. The van der Waals surface area contributed by atoms with Gasteiger partial charge in [-0.2, -0.15) is 0 Å². The first-order valence-corrected chi connectivity index (χ1v) is 6.37. The van der Waals surface area contributed by atoms with Crippen LogP contribution in [-0.4, -0.2) is 32.3 Å². The number of ether oxygens (including phenoxy) is 2. The molecule has 0 aliphatic carbocycles. The van der Waals surface area contributed by atoms with Gasteiger partial charge < -0.3 is 14.8 Å². The van der Waals surface area contributed by atoms with Gasteiger partial charge >= 0.3 is 5.97 Å². The van der Waals surface area contributed by atoms with Crippen LogP contribution in [0.2, 0.25) is 0 Å². The van der Waals surface area contributed by atoms with Gasteiger partial charge in [0.15, 0.2) is 6.61 Å². The van der Waals surface area contributed by atoms with Crippen LogP contribution < -0.4 is 10.1 Å². The minimum atomic E-state index is -0.325. The first-order valence-electron chi connectivity index (χ1n) is 6.37. The number of para-hydroxylation sites is 1. The van der Waals surface area contributed by atoms with Crippen LogP contribution in [0.25, 0.3) is 0 Å². The molecular weight excluding hydrogens is 230 g/mol. The summed E-state index contributed by atoms with van der Waals surface area (Å²) in [6, 6.07) is 9.23. The summed E-state index contributed by atoms with van der Waals surface area (Å²) in [6.07, 6.45) is 1.95. The fourth-order valence-corrected chi connectivity index (χ4v) is 1.39. The van der Waals surface area contributed by atoms with Crippen molar-refractivity contribution in [3.05, 3.63) is 30.3 Å². The second kappa shape index (κ2) is 9.48. The maximum absolute atomic E-state index is 11.3. The predicted octanol–water partition coefficient (Wildman–Crippen LogP) is 2.00. The van der Waals surface area contributed by atoms with Gasteiger partial charge in [-0.15, -0.1) is 0 Å². The molecule has 0 saturated carbocycles. The molecule has 18 heavy (non-hydrogen) atoms. The Bertz CT molecular complexity index is 327. The van der Waals surface area contributed by atoms with Crippen molar-refractivity contribution < 1.29 is 14.3 Å². The van der Waals surface area contributed by atoms with E-state index in [-0.39, 0.29) is 12.6 Å². The summed E-state index contributed by atoms with van der Waals surface area (Å²) in [4.78, 5) is 11.3. The molecule has 1 aromatic rings. The second-order valence-electron chi connectivity index (χ2n) is 3.93. The summed E-state index contributed by atoms with van der Waals surface area (Å²) in [5.74, 6) is 0.355. The monoisotopic (exact) mass is 251 g/mol. The molecule has 1 N–H and O–H groups in total. The van der Waals surface area contributed by atoms with Crippen molar-refractivity contribution in [3.8, 4) is 5.75 Å². The van der Waals surface area contributed by atoms with E-state index in [1.807, 2.05) is 30.3 Å². The van der Waals surface area contributed by atoms with Crippen LogP contribution in [0.15, 0.2) is 30.3 Å². The van der Waals surface area contributed by atoms with Gasteiger partial charge in [0.05, 0.1) is 6.61 Å². The molecule has 4 heteroatoms. The van der Waals surface area contributed by atoms with Gasteiger partial charge in [0, 0.05) is 0 Å². The van der Waals surface area contributed by atoms with E-state index in [9.17, 15) is 4.79 Å². The Kier molecular flexibility index (Phi) is 7.64. The molecule has 0 aliphatic rings. The fraction of sp³-hybridized carbons (Fsp3) is 0.500. The normalized spacial score (nSPS) is 10.1. The van der Waals surface area contributed by atoms with E-state index in [0.717, 1.165) is 25.9 Å². The van der Waals surface area contributed by atoms with Gasteiger partial charge in [-0.1, -0.05) is 25.1 Å². The summed E-state index contributed by atoms with van der Waals surface area (Å²) in [6.45, 7) is 4.40. The molecule has 0 spiro atoms. The Labute approximate surface area is 108 Å². The molecule has 0 saturated heterocycles. The van der Waals surface area contributed by atoms with E-state index in [4.69, 9.17) is 9.47 Å². The fourth-order valence-electron chi connectivity index (χ4n) is 1.39. The van der Waals surface area contributed by atoms with Crippen molar-refractivity contribution >= 4 is 5.97 Å². The molecule has 1 rings (SSSR count). The molecule has 100 valence electrons. The SMILES string of the molecule is CCCNCCCOC(=O)COc1ccccc1. The number of nitrogens with one attached hydrogen (secondary N) is 1. The molecule has 0 aliphatic heterocycles. The zero-order chi connectivity index (χ0) is 13.1. The average molecular weight is 251 g/mol. The number of hydrogen-bond acceptors (Lipinski definition) is 4. The lowest BCUT2D eigenvalue weighted by molar-refractivity contribution is -0.146. The number of carbonyl (C=O) groups excluding carboxylic acids is 1.